The van der Waals surface area contributed by atoms with Gasteiger partial charge in [-0.3, -0.25) is 9.59 Å². The second kappa shape index (κ2) is 8.10. The molecule has 3 saturated carbocycles. The van der Waals surface area contributed by atoms with Crippen molar-refractivity contribution in [3.05, 3.63) is 70.9 Å². The van der Waals surface area contributed by atoms with Crippen molar-refractivity contribution in [2.24, 2.45) is 5.41 Å². The number of hydrogen-bond acceptors (Lipinski definition) is 2. The lowest BCUT2D eigenvalue weighted by Gasteiger charge is -2.70. The highest BCUT2D eigenvalue weighted by atomic mass is 19.4. The Morgan fingerprint density at radius 3 is 2.34 bits per heavy atom. The van der Waals surface area contributed by atoms with Gasteiger partial charge in [-0.1, -0.05) is 24.3 Å². The Morgan fingerprint density at radius 1 is 1.06 bits per heavy atom. The molecule has 184 valence electrons. The summed E-state index contributed by atoms with van der Waals surface area (Å²) in [5.41, 5.74) is 1.12. The molecule has 0 unspecified atom stereocenters. The fraction of sp³-hybridized carbons (Fsp3) is 0.385. The molecule has 5 nitrogen and oxygen atoms in total. The highest BCUT2D eigenvalue weighted by Crippen LogP contribution is 2.69. The van der Waals surface area contributed by atoms with Gasteiger partial charge in [0.15, 0.2) is 0 Å². The van der Waals surface area contributed by atoms with Crippen LogP contribution >= 0.6 is 0 Å². The first-order valence-corrected chi connectivity index (χ1v) is 11.4. The zero-order valence-corrected chi connectivity index (χ0v) is 18.8. The number of carboxylic acid groups (broad SMARTS) is 1. The zero-order chi connectivity index (χ0) is 25.0. The average molecular weight is 488 g/mol. The van der Waals surface area contributed by atoms with Crippen LogP contribution in [0.5, 0.6) is 0 Å². The molecule has 2 N–H and O–H groups in total. The van der Waals surface area contributed by atoms with E-state index in [9.17, 15) is 27.2 Å². The third-order valence-corrected chi connectivity index (χ3v) is 7.28. The second-order valence-corrected chi connectivity index (χ2v) is 9.94. The summed E-state index contributed by atoms with van der Waals surface area (Å²) in [7, 11) is 0. The second-order valence-electron chi connectivity index (χ2n) is 9.94. The van der Waals surface area contributed by atoms with Crippen LogP contribution in [0, 0.1) is 5.41 Å². The number of carbonyl (C=O) groups excluding carboxylic acids is 1. The maximum absolute atomic E-state index is 13.3. The standard InChI is InChI=1S/C26H24F4N2O3/c27-8-9-32-12-19(23(35)31-25-13-24(14-25,15-25)11-21(33)34)22-17(2-1-3-20(22)32)10-16-4-6-18(7-5-16)26(28,29)30/h1-7,12H,8-11,13-15H2,(H,31,35)(H,33,34). The normalized spacial score (nSPS) is 23.0. The number of hydrogen-bond donors (Lipinski definition) is 2. The van der Waals surface area contributed by atoms with Gasteiger partial charge in [-0.05, 0) is 60.4 Å². The predicted octanol–water partition coefficient (Wildman–Crippen LogP) is 5.35. The number of carbonyl (C=O) groups is 2. The average Bonchev–Trinajstić information content (AvgIpc) is 3.11. The number of aryl methyl sites for hydroxylation is 1. The smallest absolute Gasteiger partial charge is 0.416 e. The first-order valence-electron chi connectivity index (χ1n) is 11.4. The van der Waals surface area contributed by atoms with Crippen LogP contribution in [-0.4, -0.2) is 33.8 Å². The van der Waals surface area contributed by atoms with Crippen LogP contribution in [0.25, 0.3) is 10.9 Å². The molecule has 3 aromatic rings. The molecule has 1 amide bonds. The summed E-state index contributed by atoms with van der Waals surface area (Å²) in [6.07, 6.45) is -0.523. The van der Waals surface area contributed by atoms with Crippen molar-refractivity contribution >= 4 is 22.8 Å². The highest BCUT2D eigenvalue weighted by molar-refractivity contribution is 6.08. The van der Waals surface area contributed by atoms with Gasteiger partial charge in [0.2, 0.25) is 0 Å². The van der Waals surface area contributed by atoms with Crippen LogP contribution in [0.2, 0.25) is 0 Å². The van der Waals surface area contributed by atoms with Crippen LogP contribution in [0.15, 0.2) is 48.7 Å². The quantitative estimate of drug-likeness (QED) is 0.420. The van der Waals surface area contributed by atoms with Crippen LogP contribution in [-0.2, 0) is 23.9 Å². The molecule has 0 aliphatic heterocycles. The van der Waals surface area contributed by atoms with Gasteiger partial charge in [0.05, 0.1) is 24.1 Å². The summed E-state index contributed by atoms with van der Waals surface area (Å²) in [6.45, 7) is -0.546. The van der Waals surface area contributed by atoms with Gasteiger partial charge in [0, 0.05) is 22.6 Å². The summed E-state index contributed by atoms with van der Waals surface area (Å²) in [5.74, 6) is -1.15. The number of nitrogens with one attached hydrogen (secondary N) is 1. The minimum atomic E-state index is -4.42. The Bertz CT molecular complexity index is 1290. The molecule has 2 bridgehead atoms. The van der Waals surface area contributed by atoms with E-state index in [1.807, 2.05) is 6.07 Å². The maximum Gasteiger partial charge on any atom is 0.416 e. The van der Waals surface area contributed by atoms with Gasteiger partial charge >= 0.3 is 12.1 Å². The molecular weight excluding hydrogens is 464 g/mol. The number of carboxylic acids is 1. The lowest BCUT2D eigenvalue weighted by atomic mass is 9.38. The summed E-state index contributed by atoms with van der Waals surface area (Å²) >= 11 is 0. The molecular formula is C26H24F4N2O3. The predicted molar refractivity (Wildman–Crippen MR) is 121 cm³/mol. The van der Waals surface area contributed by atoms with Crippen LogP contribution < -0.4 is 5.32 Å². The fourth-order valence-corrected chi connectivity index (χ4v) is 6.00. The fourth-order valence-electron chi connectivity index (χ4n) is 6.00. The SMILES string of the molecule is O=C(O)CC12CC(NC(=O)c3cn(CCF)c4cccc(Cc5ccc(C(F)(F)F)cc5)c34)(C1)C2. The van der Waals surface area contributed by atoms with Gasteiger partial charge in [-0.25, -0.2) is 4.39 Å². The van der Waals surface area contributed by atoms with E-state index in [2.05, 4.69) is 5.32 Å². The number of fused-ring (bicyclic) bond motifs is 1. The first-order chi connectivity index (χ1) is 16.5. The Morgan fingerprint density at radius 2 is 1.74 bits per heavy atom. The number of amides is 1. The van der Waals surface area contributed by atoms with Gasteiger partial charge < -0.3 is 15.0 Å². The van der Waals surface area contributed by atoms with E-state index in [-0.39, 0.29) is 24.3 Å². The lowest BCUT2D eigenvalue weighted by Crippen LogP contribution is -2.74. The van der Waals surface area contributed by atoms with E-state index in [0.717, 1.165) is 17.7 Å². The monoisotopic (exact) mass is 488 g/mol. The van der Waals surface area contributed by atoms with Crippen molar-refractivity contribution in [1.29, 1.82) is 0 Å². The summed E-state index contributed by atoms with van der Waals surface area (Å²) in [5, 5.41) is 12.8. The highest BCUT2D eigenvalue weighted by Gasteiger charge is 2.68. The van der Waals surface area contributed by atoms with Gasteiger partial charge in [-0.2, -0.15) is 13.2 Å². The van der Waals surface area contributed by atoms with Crippen molar-refractivity contribution in [2.75, 3.05) is 6.67 Å². The minimum absolute atomic E-state index is 0.0698. The number of aromatic nitrogens is 1. The van der Waals surface area contributed by atoms with E-state index >= 15 is 0 Å². The number of alkyl halides is 4. The van der Waals surface area contributed by atoms with E-state index in [1.54, 1.807) is 22.9 Å². The number of halogens is 4. The molecule has 0 spiro atoms. The Labute approximate surface area is 198 Å². The molecule has 0 saturated heterocycles. The number of nitrogens with zero attached hydrogens (tertiary/aromatic N) is 1. The van der Waals surface area contributed by atoms with E-state index in [4.69, 9.17) is 5.11 Å². The van der Waals surface area contributed by atoms with Crippen molar-refractivity contribution in [2.45, 2.75) is 50.4 Å². The Hall–Kier alpha value is -3.36. The van der Waals surface area contributed by atoms with Crippen LogP contribution in [0.3, 0.4) is 0 Å². The zero-order valence-electron chi connectivity index (χ0n) is 18.8. The number of rotatable bonds is 8. The third kappa shape index (κ3) is 4.17. The lowest BCUT2D eigenvalue weighted by molar-refractivity contribution is -0.172. The van der Waals surface area contributed by atoms with E-state index in [1.165, 1.54) is 12.1 Å². The summed E-state index contributed by atoms with van der Waals surface area (Å²) < 4.78 is 53.7. The minimum Gasteiger partial charge on any atom is -0.481 e. The van der Waals surface area contributed by atoms with Gasteiger partial charge in [0.1, 0.15) is 6.67 Å². The van der Waals surface area contributed by atoms with Gasteiger partial charge in [0.25, 0.3) is 5.91 Å². The topological polar surface area (TPSA) is 71.3 Å². The Balaban J connectivity index is 1.43. The molecule has 3 aliphatic carbocycles. The van der Waals surface area contributed by atoms with E-state index < -0.39 is 29.9 Å². The molecule has 2 aromatic carbocycles. The van der Waals surface area contributed by atoms with Crippen LogP contribution in [0.1, 0.15) is 52.7 Å². The summed E-state index contributed by atoms with van der Waals surface area (Å²) in [6, 6.07) is 10.3. The van der Waals surface area contributed by atoms with Gasteiger partial charge in [-0.15, -0.1) is 0 Å². The number of aliphatic carboxylic acids is 1. The molecule has 6 rings (SSSR count). The maximum atomic E-state index is 13.3. The molecule has 9 heteroatoms. The molecule has 3 aliphatic rings. The van der Waals surface area contributed by atoms with Crippen molar-refractivity contribution < 1.29 is 32.3 Å². The largest absolute Gasteiger partial charge is 0.481 e. The molecule has 1 heterocycles. The Kier molecular flexibility index (Phi) is 5.41. The molecule has 35 heavy (non-hydrogen) atoms. The molecule has 0 radical (unpaired) electrons. The van der Waals surface area contributed by atoms with Crippen molar-refractivity contribution in [3.8, 4) is 0 Å². The number of benzene rings is 2. The first kappa shape index (κ1) is 23.4. The third-order valence-electron chi connectivity index (χ3n) is 7.28. The van der Waals surface area contributed by atoms with E-state index in [0.29, 0.717) is 47.7 Å². The van der Waals surface area contributed by atoms with Crippen molar-refractivity contribution in [3.63, 3.8) is 0 Å². The molecule has 1 aromatic heterocycles. The summed E-state index contributed by atoms with van der Waals surface area (Å²) in [4.78, 5) is 24.4. The van der Waals surface area contributed by atoms with Crippen molar-refractivity contribution in [1.82, 2.24) is 9.88 Å². The van der Waals surface area contributed by atoms with Crippen LogP contribution in [0.4, 0.5) is 17.6 Å². The molecule has 0 atom stereocenters. The molecule has 3 fully saturated rings.